The summed E-state index contributed by atoms with van der Waals surface area (Å²) in [7, 11) is 1.31. The number of rotatable bonds is 5. The van der Waals surface area contributed by atoms with E-state index in [-0.39, 0.29) is 28.7 Å². The van der Waals surface area contributed by atoms with E-state index >= 15 is 0 Å². The highest BCUT2D eigenvalue weighted by atomic mass is 19.3. The number of benzene rings is 1. The Balaban J connectivity index is 2.23. The number of hydrogen-bond donors (Lipinski definition) is 2. The highest BCUT2D eigenvalue weighted by Gasteiger charge is 2.15. The van der Waals surface area contributed by atoms with E-state index in [1.807, 2.05) is 0 Å². The van der Waals surface area contributed by atoms with Crippen LogP contribution in [0.2, 0.25) is 0 Å². The molecule has 0 saturated carbocycles. The van der Waals surface area contributed by atoms with Crippen LogP contribution < -0.4 is 20.5 Å². The molecule has 0 atom stereocenters. The van der Waals surface area contributed by atoms with Crippen molar-refractivity contribution in [3.8, 4) is 11.5 Å². The Labute approximate surface area is 124 Å². The molecule has 0 unspecified atom stereocenters. The Morgan fingerprint density at radius 1 is 1.27 bits per heavy atom. The summed E-state index contributed by atoms with van der Waals surface area (Å²) in [5, 5.41) is 2.46. The molecule has 0 spiro atoms. The number of aromatic nitrogens is 2. The van der Waals surface area contributed by atoms with Gasteiger partial charge in [-0.15, -0.1) is 0 Å². The van der Waals surface area contributed by atoms with E-state index in [1.165, 1.54) is 37.7 Å². The van der Waals surface area contributed by atoms with Crippen LogP contribution in [0.15, 0.2) is 30.6 Å². The van der Waals surface area contributed by atoms with Gasteiger partial charge in [-0.3, -0.25) is 4.79 Å². The van der Waals surface area contributed by atoms with Crippen molar-refractivity contribution >= 4 is 17.4 Å². The minimum absolute atomic E-state index is 0.0439. The van der Waals surface area contributed by atoms with E-state index < -0.39 is 12.5 Å². The summed E-state index contributed by atoms with van der Waals surface area (Å²) >= 11 is 0. The molecule has 0 radical (unpaired) electrons. The van der Waals surface area contributed by atoms with Gasteiger partial charge in [0.05, 0.1) is 7.11 Å². The molecule has 1 aromatic carbocycles. The SMILES string of the molecule is COc1ccc(NC(=O)c2nccnc2N)cc1OC(F)F. The number of nitrogens with two attached hydrogens (primary N) is 1. The number of carbonyl (C=O) groups is 1. The molecule has 116 valence electrons. The second kappa shape index (κ2) is 6.66. The number of nitrogens with zero attached hydrogens (tertiary/aromatic N) is 2. The maximum Gasteiger partial charge on any atom is 0.387 e. The van der Waals surface area contributed by atoms with Crippen molar-refractivity contribution < 1.29 is 23.0 Å². The molecule has 22 heavy (non-hydrogen) atoms. The maximum atomic E-state index is 12.3. The molecule has 0 aliphatic heterocycles. The quantitative estimate of drug-likeness (QED) is 0.875. The van der Waals surface area contributed by atoms with Crippen LogP contribution in [0.1, 0.15) is 10.5 Å². The lowest BCUT2D eigenvalue weighted by molar-refractivity contribution is -0.0511. The van der Waals surface area contributed by atoms with Crippen LogP contribution in [-0.4, -0.2) is 29.6 Å². The Morgan fingerprint density at radius 2 is 2.00 bits per heavy atom. The van der Waals surface area contributed by atoms with Crippen LogP contribution in [-0.2, 0) is 0 Å². The van der Waals surface area contributed by atoms with Crippen LogP contribution in [0.5, 0.6) is 11.5 Å². The van der Waals surface area contributed by atoms with Crippen LogP contribution in [0.25, 0.3) is 0 Å². The molecule has 0 saturated heterocycles. The largest absolute Gasteiger partial charge is 0.493 e. The molecule has 0 aliphatic carbocycles. The molecule has 1 amide bonds. The smallest absolute Gasteiger partial charge is 0.387 e. The predicted molar refractivity (Wildman–Crippen MR) is 74.0 cm³/mol. The fraction of sp³-hybridized carbons (Fsp3) is 0.154. The van der Waals surface area contributed by atoms with E-state index in [4.69, 9.17) is 10.5 Å². The normalized spacial score (nSPS) is 10.4. The minimum Gasteiger partial charge on any atom is -0.493 e. The maximum absolute atomic E-state index is 12.3. The molecule has 0 fully saturated rings. The molecular formula is C13H12F2N4O3. The van der Waals surface area contributed by atoms with Gasteiger partial charge in [0, 0.05) is 24.1 Å². The van der Waals surface area contributed by atoms with Gasteiger partial charge in [0.15, 0.2) is 23.0 Å². The van der Waals surface area contributed by atoms with E-state index in [2.05, 4.69) is 20.0 Å². The number of hydrogen-bond acceptors (Lipinski definition) is 6. The number of anilines is 2. The van der Waals surface area contributed by atoms with E-state index in [9.17, 15) is 13.6 Å². The molecule has 0 bridgehead atoms. The Morgan fingerprint density at radius 3 is 2.64 bits per heavy atom. The molecule has 9 heteroatoms. The minimum atomic E-state index is -3.02. The zero-order valence-corrected chi connectivity index (χ0v) is 11.4. The standard InChI is InChI=1S/C13H12F2N4O3/c1-21-8-3-2-7(6-9(8)22-13(14)15)19-12(20)10-11(16)18-5-4-17-10/h2-6,13H,1H3,(H2,16,18)(H,19,20). The van der Waals surface area contributed by atoms with Crippen molar-refractivity contribution in [1.29, 1.82) is 0 Å². The fourth-order valence-corrected chi connectivity index (χ4v) is 1.66. The van der Waals surface area contributed by atoms with Gasteiger partial charge in [-0.2, -0.15) is 8.78 Å². The monoisotopic (exact) mass is 310 g/mol. The van der Waals surface area contributed by atoms with E-state index in [0.717, 1.165) is 0 Å². The number of amides is 1. The van der Waals surface area contributed by atoms with Crippen molar-refractivity contribution in [2.45, 2.75) is 6.61 Å². The number of ether oxygens (including phenoxy) is 2. The Hall–Kier alpha value is -2.97. The number of nitrogen functional groups attached to an aromatic ring is 1. The second-order valence-electron chi connectivity index (χ2n) is 3.99. The highest BCUT2D eigenvalue weighted by molar-refractivity contribution is 6.05. The summed E-state index contributed by atoms with van der Waals surface area (Å²) in [6.45, 7) is -3.02. The lowest BCUT2D eigenvalue weighted by Gasteiger charge is -2.12. The van der Waals surface area contributed by atoms with Gasteiger partial charge in [0.1, 0.15) is 0 Å². The van der Waals surface area contributed by atoms with Crippen LogP contribution in [0.3, 0.4) is 0 Å². The van der Waals surface area contributed by atoms with Crippen molar-refractivity contribution in [2.24, 2.45) is 0 Å². The molecule has 1 aromatic heterocycles. The first-order chi connectivity index (χ1) is 10.5. The topological polar surface area (TPSA) is 99.4 Å². The Bertz CT molecular complexity index is 682. The van der Waals surface area contributed by atoms with Crippen molar-refractivity contribution in [3.63, 3.8) is 0 Å². The average Bonchev–Trinajstić information content (AvgIpc) is 2.47. The van der Waals surface area contributed by atoms with E-state index in [0.29, 0.717) is 0 Å². The van der Waals surface area contributed by atoms with Gasteiger partial charge < -0.3 is 20.5 Å². The average molecular weight is 310 g/mol. The third-order valence-corrected chi connectivity index (χ3v) is 2.58. The number of alkyl halides is 2. The summed E-state index contributed by atoms with van der Waals surface area (Å²) in [6.07, 6.45) is 2.65. The molecule has 2 rings (SSSR count). The second-order valence-corrected chi connectivity index (χ2v) is 3.99. The summed E-state index contributed by atoms with van der Waals surface area (Å²) in [6, 6.07) is 4.05. The number of carbonyl (C=O) groups excluding carboxylic acids is 1. The molecule has 3 N–H and O–H groups in total. The lowest BCUT2D eigenvalue weighted by Crippen LogP contribution is -2.16. The first-order valence-corrected chi connectivity index (χ1v) is 6.02. The first kappa shape index (κ1) is 15.4. The third-order valence-electron chi connectivity index (χ3n) is 2.58. The van der Waals surface area contributed by atoms with Crippen molar-refractivity contribution in [3.05, 3.63) is 36.3 Å². The molecule has 2 aromatic rings. The van der Waals surface area contributed by atoms with E-state index in [1.54, 1.807) is 0 Å². The molecular weight excluding hydrogens is 298 g/mol. The van der Waals surface area contributed by atoms with Crippen LogP contribution in [0.4, 0.5) is 20.3 Å². The van der Waals surface area contributed by atoms with Gasteiger partial charge in [-0.1, -0.05) is 0 Å². The lowest BCUT2D eigenvalue weighted by atomic mass is 10.2. The van der Waals surface area contributed by atoms with Gasteiger partial charge in [-0.25, -0.2) is 9.97 Å². The van der Waals surface area contributed by atoms with Crippen molar-refractivity contribution in [1.82, 2.24) is 9.97 Å². The van der Waals surface area contributed by atoms with Gasteiger partial charge in [0.2, 0.25) is 0 Å². The zero-order chi connectivity index (χ0) is 16.1. The van der Waals surface area contributed by atoms with Crippen molar-refractivity contribution in [2.75, 3.05) is 18.2 Å². The number of nitrogens with one attached hydrogen (secondary N) is 1. The number of halogens is 2. The van der Waals surface area contributed by atoms with Gasteiger partial charge in [0.25, 0.3) is 5.91 Å². The molecule has 0 aliphatic rings. The summed E-state index contributed by atoms with van der Waals surface area (Å²) < 4.78 is 33.9. The van der Waals surface area contributed by atoms with Crippen LogP contribution in [0, 0.1) is 0 Å². The predicted octanol–water partition coefficient (Wildman–Crippen LogP) is 1.92. The van der Waals surface area contributed by atoms with Gasteiger partial charge in [-0.05, 0) is 12.1 Å². The Kier molecular flexibility index (Phi) is 4.66. The third kappa shape index (κ3) is 3.57. The number of methoxy groups -OCH3 is 1. The summed E-state index contributed by atoms with van der Waals surface area (Å²) in [5.74, 6) is -0.768. The highest BCUT2D eigenvalue weighted by Crippen LogP contribution is 2.31. The zero-order valence-electron chi connectivity index (χ0n) is 11.4. The first-order valence-electron chi connectivity index (χ1n) is 6.02. The van der Waals surface area contributed by atoms with Crippen LogP contribution >= 0.6 is 0 Å². The molecule has 1 heterocycles. The fourth-order valence-electron chi connectivity index (χ4n) is 1.66. The summed E-state index contributed by atoms with van der Waals surface area (Å²) in [5.41, 5.74) is 5.68. The summed E-state index contributed by atoms with van der Waals surface area (Å²) in [4.78, 5) is 19.5. The molecule has 7 nitrogen and oxygen atoms in total. The van der Waals surface area contributed by atoms with Gasteiger partial charge >= 0.3 is 6.61 Å².